The highest BCUT2D eigenvalue weighted by Gasteiger charge is 2.38. The number of hydrogen-bond acceptors (Lipinski definition) is 4. The van der Waals surface area contributed by atoms with Gasteiger partial charge in [-0.05, 0) is 44.2 Å². The number of aromatic nitrogens is 3. The molecule has 0 spiro atoms. The Labute approximate surface area is 184 Å². The van der Waals surface area contributed by atoms with Gasteiger partial charge in [0.2, 0.25) is 15.9 Å². The minimum atomic E-state index is -3.60. The van der Waals surface area contributed by atoms with Crippen LogP contribution in [0.1, 0.15) is 49.9 Å². The normalized spacial score (nSPS) is 20.1. The molecule has 2 aromatic rings. The maximum atomic E-state index is 13.2. The average Bonchev–Trinajstić information content (AvgIpc) is 3.38. The molecule has 2 fully saturated rings. The smallest absolute Gasteiger partial charge is 0.246 e. The van der Waals surface area contributed by atoms with Gasteiger partial charge in [-0.3, -0.25) is 9.89 Å². The molecule has 3 heterocycles. The van der Waals surface area contributed by atoms with Crippen molar-refractivity contribution in [3.05, 3.63) is 35.9 Å². The number of nitrogens with zero attached hydrogens (tertiary/aromatic N) is 4. The van der Waals surface area contributed by atoms with Crippen LogP contribution in [0.2, 0.25) is 0 Å². The lowest BCUT2D eigenvalue weighted by Gasteiger charge is -2.40. The maximum Gasteiger partial charge on any atom is 0.246 e. The van der Waals surface area contributed by atoms with E-state index in [9.17, 15) is 13.2 Å². The molecule has 0 aromatic carbocycles. The van der Waals surface area contributed by atoms with Crippen molar-refractivity contribution in [2.24, 2.45) is 5.41 Å². The molecule has 4 rings (SSSR count). The summed E-state index contributed by atoms with van der Waals surface area (Å²) in [5.74, 6) is 0.154. The van der Waals surface area contributed by atoms with E-state index in [0.29, 0.717) is 44.0 Å². The summed E-state index contributed by atoms with van der Waals surface area (Å²) >= 11 is 0. The van der Waals surface area contributed by atoms with Crippen LogP contribution < -0.4 is 0 Å². The third-order valence-electron chi connectivity index (χ3n) is 6.87. The largest absolute Gasteiger partial charge is 0.354 e. The molecule has 0 radical (unpaired) electrons. The second-order valence-electron chi connectivity index (χ2n) is 9.14. The molecule has 9 heteroatoms. The Morgan fingerprint density at radius 2 is 1.71 bits per heavy atom. The molecule has 0 bridgehead atoms. The van der Waals surface area contributed by atoms with Crippen LogP contribution in [-0.2, 0) is 21.4 Å². The molecule has 170 valence electrons. The van der Waals surface area contributed by atoms with Crippen LogP contribution in [-0.4, -0.2) is 64.5 Å². The van der Waals surface area contributed by atoms with Gasteiger partial charge in [0.1, 0.15) is 4.90 Å². The molecule has 2 aromatic heterocycles. The first-order valence-electron chi connectivity index (χ1n) is 11.2. The standard InChI is InChI=1S/C22H33N5O3S/c1-18-21(19(2)24-23-18)31(29,30)27-14-12-26(13-15-27)20(28)16-22(8-4-3-5-9-22)17-25-10-6-7-11-25/h6-7,10-11H,3-5,8-9,12-17H2,1-2H3,(H,23,24). The van der Waals surface area contributed by atoms with E-state index in [1.807, 2.05) is 17.0 Å². The SMILES string of the molecule is Cc1n[nH]c(C)c1S(=O)(=O)N1CCN(C(=O)CC2(Cn3cccc3)CCCCC2)CC1. The number of carbonyl (C=O) groups excluding carboxylic acids is 1. The quantitative estimate of drug-likeness (QED) is 0.737. The van der Waals surface area contributed by atoms with Gasteiger partial charge in [0.05, 0.1) is 11.4 Å². The third kappa shape index (κ3) is 4.57. The summed E-state index contributed by atoms with van der Waals surface area (Å²) in [6, 6.07) is 4.06. The Bertz CT molecular complexity index is 979. The van der Waals surface area contributed by atoms with E-state index in [4.69, 9.17) is 0 Å². The van der Waals surface area contributed by atoms with Gasteiger partial charge >= 0.3 is 0 Å². The Hall–Kier alpha value is -2.13. The van der Waals surface area contributed by atoms with E-state index in [2.05, 4.69) is 27.2 Å². The summed E-state index contributed by atoms with van der Waals surface area (Å²) < 4.78 is 29.8. The first kappa shape index (κ1) is 22.1. The Morgan fingerprint density at radius 1 is 1.06 bits per heavy atom. The topological polar surface area (TPSA) is 91.3 Å². The average molecular weight is 448 g/mol. The van der Waals surface area contributed by atoms with Crippen LogP contribution >= 0.6 is 0 Å². The molecule has 1 saturated carbocycles. The van der Waals surface area contributed by atoms with Gasteiger partial charge in [-0.1, -0.05) is 19.3 Å². The number of aromatic amines is 1. The number of sulfonamides is 1. The maximum absolute atomic E-state index is 13.2. The van der Waals surface area contributed by atoms with Crippen molar-refractivity contribution in [3.63, 3.8) is 0 Å². The molecular weight excluding hydrogens is 414 g/mol. The summed E-state index contributed by atoms with van der Waals surface area (Å²) in [7, 11) is -3.60. The first-order chi connectivity index (χ1) is 14.8. The lowest BCUT2D eigenvalue weighted by molar-refractivity contribution is -0.135. The van der Waals surface area contributed by atoms with E-state index in [0.717, 1.165) is 19.4 Å². The lowest BCUT2D eigenvalue weighted by atomic mass is 9.71. The molecular formula is C22H33N5O3S. The number of aryl methyl sites for hydroxylation is 2. The van der Waals surface area contributed by atoms with Gasteiger partial charge < -0.3 is 9.47 Å². The highest BCUT2D eigenvalue weighted by Crippen LogP contribution is 2.41. The van der Waals surface area contributed by atoms with Gasteiger partial charge in [0, 0.05) is 51.5 Å². The number of hydrogen-bond donors (Lipinski definition) is 1. The van der Waals surface area contributed by atoms with Crippen LogP contribution in [0.4, 0.5) is 0 Å². The van der Waals surface area contributed by atoms with E-state index in [1.54, 1.807) is 13.8 Å². The zero-order valence-corrected chi connectivity index (χ0v) is 19.3. The number of rotatable bonds is 6. The monoisotopic (exact) mass is 447 g/mol. The molecule has 2 aliphatic rings. The molecule has 31 heavy (non-hydrogen) atoms. The highest BCUT2D eigenvalue weighted by molar-refractivity contribution is 7.89. The van der Waals surface area contributed by atoms with Gasteiger partial charge in [-0.2, -0.15) is 9.40 Å². The predicted molar refractivity (Wildman–Crippen MR) is 118 cm³/mol. The molecule has 1 aliphatic heterocycles. The predicted octanol–water partition coefficient (Wildman–Crippen LogP) is 2.70. The van der Waals surface area contributed by atoms with E-state index in [-0.39, 0.29) is 16.2 Å². The van der Waals surface area contributed by atoms with Gasteiger partial charge in [-0.15, -0.1) is 0 Å². The second-order valence-corrected chi connectivity index (χ2v) is 11.0. The van der Waals surface area contributed by atoms with Crippen LogP contribution in [0.3, 0.4) is 0 Å². The van der Waals surface area contributed by atoms with Gasteiger partial charge in [0.25, 0.3) is 0 Å². The summed E-state index contributed by atoms with van der Waals surface area (Å²) in [5, 5.41) is 6.78. The summed E-state index contributed by atoms with van der Waals surface area (Å²) in [6.07, 6.45) is 10.4. The molecule has 0 atom stereocenters. The number of H-pyrrole nitrogens is 1. The van der Waals surface area contributed by atoms with Crippen LogP contribution in [0.15, 0.2) is 29.4 Å². The van der Waals surface area contributed by atoms with E-state index < -0.39 is 10.0 Å². The Morgan fingerprint density at radius 3 is 2.29 bits per heavy atom. The van der Waals surface area contributed by atoms with Crippen molar-refractivity contribution in [2.45, 2.75) is 63.8 Å². The fourth-order valence-electron chi connectivity index (χ4n) is 5.22. The first-order valence-corrected chi connectivity index (χ1v) is 12.7. The fourth-order valence-corrected chi connectivity index (χ4v) is 6.97. The molecule has 1 N–H and O–H groups in total. The zero-order chi connectivity index (χ0) is 22.1. The van der Waals surface area contributed by atoms with Crippen molar-refractivity contribution >= 4 is 15.9 Å². The van der Waals surface area contributed by atoms with Crippen molar-refractivity contribution in [3.8, 4) is 0 Å². The third-order valence-corrected chi connectivity index (χ3v) is 9.04. The molecule has 1 amide bonds. The minimum Gasteiger partial charge on any atom is -0.354 e. The van der Waals surface area contributed by atoms with Crippen LogP contribution in [0.5, 0.6) is 0 Å². The van der Waals surface area contributed by atoms with Crippen LogP contribution in [0, 0.1) is 19.3 Å². The van der Waals surface area contributed by atoms with Crippen molar-refractivity contribution in [2.75, 3.05) is 26.2 Å². The minimum absolute atomic E-state index is 0.00256. The Kier molecular flexibility index (Phi) is 6.25. The van der Waals surface area contributed by atoms with Gasteiger partial charge in [-0.25, -0.2) is 8.42 Å². The number of amides is 1. The summed E-state index contributed by atoms with van der Waals surface area (Å²) in [5.41, 5.74) is 1.04. The number of carbonyl (C=O) groups is 1. The second kappa shape index (κ2) is 8.78. The fraction of sp³-hybridized carbons (Fsp3) is 0.636. The van der Waals surface area contributed by atoms with Crippen molar-refractivity contribution in [1.29, 1.82) is 0 Å². The van der Waals surface area contributed by atoms with Gasteiger partial charge in [0.15, 0.2) is 0 Å². The van der Waals surface area contributed by atoms with Crippen molar-refractivity contribution < 1.29 is 13.2 Å². The van der Waals surface area contributed by atoms with E-state index >= 15 is 0 Å². The number of piperazine rings is 1. The van der Waals surface area contributed by atoms with E-state index in [1.165, 1.54) is 23.6 Å². The molecule has 1 saturated heterocycles. The number of nitrogens with one attached hydrogen (secondary N) is 1. The van der Waals surface area contributed by atoms with Crippen LogP contribution in [0.25, 0.3) is 0 Å². The van der Waals surface area contributed by atoms with Crippen molar-refractivity contribution in [1.82, 2.24) is 24.0 Å². The zero-order valence-electron chi connectivity index (χ0n) is 18.5. The molecule has 1 aliphatic carbocycles. The molecule has 0 unspecified atom stereocenters. The molecule has 8 nitrogen and oxygen atoms in total. The summed E-state index contributed by atoms with van der Waals surface area (Å²) in [6.45, 7) is 5.82. The summed E-state index contributed by atoms with van der Waals surface area (Å²) in [4.78, 5) is 15.3. The Balaban J connectivity index is 1.40. The highest BCUT2D eigenvalue weighted by atomic mass is 32.2. The lowest BCUT2D eigenvalue weighted by Crippen LogP contribution is -2.51.